The number of amides is 1. The van der Waals surface area contributed by atoms with E-state index in [9.17, 15) is 14.0 Å². The number of nitrogen functional groups attached to an aromatic ring is 1. The van der Waals surface area contributed by atoms with E-state index in [4.69, 9.17) is 5.73 Å². The molecule has 1 aromatic heterocycles. The topological polar surface area (TPSA) is 94.3 Å². The fourth-order valence-corrected chi connectivity index (χ4v) is 1.60. The van der Waals surface area contributed by atoms with Gasteiger partial charge in [-0.2, -0.15) is 0 Å². The lowest BCUT2D eigenvalue weighted by Gasteiger charge is -2.07. The maximum atomic E-state index is 13.5. The van der Waals surface area contributed by atoms with Crippen LogP contribution in [0.25, 0.3) is 0 Å². The second-order valence-corrected chi connectivity index (χ2v) is 4.12. The molecule has 7 heteroatoms. The number of aromatic nitrogens is 1. The van der Waals surface area contributed by atoms with Gasteiger partial charge in [0.25, 0.3) is 5.91 Å². The maximum Gasteiger partial charge on any atom is 0.340 e. The van der Waals surface area contributed by atoms with E-state index in [1.807, 2.05) is 0 Å². The van der Waals surface area contributed by atoms with Gasteiger partial charge in [-0.1, -0.05) is 0 Å². The summed E-state index contributed by atoms with van der Waals surface area (Å²) in [6.07, 6.45) is 1.35. The minimum atomic E-state index is -0.825. The van der Waals surface area contributed by atoms with Crippen molar-refractivity contribution in [3.8, 4) is 0 Å². The van der Waals surface area contributed by atoms with Crippen molar-refractivity contribution in [1.82, 2.24) is 4.98 Å². The number of anilines is 2. The summed E-state index contributed by atoms with van der Waals surface area (Å²) in [7, 11) is 1.14. The molecule has 0 unspecified atom stereocenters. The Morgan fingerprint density at radius 1 is 1.29 bits per heavy atom. The molecule has 108 valence electrons. The zero-order valence-corrected chi connectivity index (χ0v) is 11.1. The van der Waals surface area contributed by atoms with Gasteiger partial charge in [0.2, 0.25) is 0 Å². The lowest BCUT2D eigenvalue weighted by molar-refractivity contribution is 0.0595. The molecule has 6 nitrogen and oxygen atoms in total. The minimum absolute atomic E-state index is 0.146. The van der Waals surface area contributed by atoms with Crippen LogP contribution < -0.4 is 11.1 Å². The Kier molecular flexibility index (Phi) is 4.13. The smallest absolute Gasteiger partial charge is 0.340 e. The first-order chi connectivity index (χ1) is 10.0. The lowest BCUT2D eigenvalue weighted by Crippen LogP contribution is -2.14. The average Bonchev–Trinajstić information content (AvgIpc) is 2.49. The number of nitrogens with two attached hydrogens (primary N) is 1. The van der Waals surface area contributed by atoms with Gasteiger partial charge >= 0.3 is 5.97 Å². The molecular weight excluding hydrogens is 277 g/mol. The number of nitrogens with one attached hydrogen (secondary N) is 1. The number of ether oxygens (including phenoxy) is 1. The van der Waals surface area contributed by atoms with Crippen LogP contribution >= 0.6 is 0 Å². The van der Waals surface area contributed by atoms with E-state index in [1.54, 1.807) is 0 Å². The van der Waals surface area contributed by atoms with Crippen LogP contribution in [0.3, 0.4) is 0 Å². The summed E-state index contributed by atoms with van der Waals surface area (Å²) in [6, 6.07) is 6.58. The molecule has 0 bridgehead atoms. The van der Waals surface area contributed by atoms with Gasteiger partial charge in [-0.05, 0) is 30.3 Å². The van der Waals surface area contributed by atoms with Crippen LogP contribution in [-0.2, 0) is 4.74 Å². The lowest BCUT2D eigenvalue weighted by atomic mass is 10.2. The largest absolute Gasteiger partial charge is 0.465 e. The molecule has 0 atom stereocenters. The van der Waals surface area contributed by atoms with Crippen molar-refractivity contribution in [2.75, 3.05) is 18.2 Å². The zero-order valence-electron chi connectivity index (χ0n) is 11.1. The maximum absolute atomic E-state index is 13.5. The Labute approximate surface area is 119 Å². The Bertz CT molecular complexity index is 686. The fraction of sp³-hybridized carbons (Fsp3) is 0.0714. The van der Waals surface area contributed by atoms with E-state index in [0.29, 0.717) is 5.69 Å². The van der Waals surface area contributed by atoms with Crippen LogP contribution in [-0.4, -0.2) is 24.0 Å². The van der Waals surface area contributed by atoms with Crippen LogP contribution in [0.5, 0.6) is 0 Å². The summed E-state index contributed by atoms with van der Waals surface area (Å²) >= 11 is 0. The predicted molar refractivity (Wildman–Crippen MR) is 74.3 cm³/mol. The highest BCUT2D eigenvalue weighted by molar-refractivity contribution is 6.03. The van der Waals surface area contributed by atoms with E-state index in [-0.39, 0.29) is 16.9 Å². The van der Waals surface area contributed by atoms with Crippen LogP contribution in [0.15, 0.2) is 36.5 Å². The second-order valence-electron chi connectivity index (χ2n) is 4.12. The van der Waals surface area contributed by atoms with Gasteiger partial charge in [-0.25, -0.2) is 14.2 Å². The minimum Gasteiger partial charge on any atom is -0.465 e. The van der Waals surface area contributed by atoms with Gasteiger partial charge in [0.15, 0.2) is 0 Å². The summed E-state index contributed by atoms with van der Waals surface area (Å²) in [5, 5.41) is 2.51. The van der Waals surface area contributed by atoms with E-state index in [0.717, 1.165) is 13.2 Å². The molecule has 0 aliphatic heterocycles. The zero-order chi connectivity index (χ0) is 15.4. The van der Waals surface area contributed by atoms with E-state index in [1.165, 1.54) is 30.5 Å². The van der Waals surface area contributed by atoms with Gasteiger partial charge in [0.1, 0.15) is 11.5 Å². The summed E-state index contributed by atoms with van der Waals surface area (Å²) in [5.41, 5.74) is 6.04. The molecule has 2 aromatic rings. The molecule has 1 aromatic carbocycles. The number of methoxy groups -OCH3 is 1. The fourth-order valence-electron chi connectivity index (χ4n) is 1.60. The number of hydrogen-bond acceptors (Lipinski definition) is 5. The summed E-state index contributed by atoms with van der Waals surface area (Å²) in [6.45, 7) is 0. The van der Waals surface area contributed by atoms with Crippen molar-refractivity contribution >= 4 is 23.3 Å². The summed E-state index contributed by atoms with van der Waals surface area (Å²) in [5.74, 6) is -2.06. The van der Waals surface area contributed by atoms with Crippen LogP contribution in [0, 0.1) is 5.82 Å². The third-order valence-electron chi connectivity index (χ3n) is 2.65. The third-order valence-corrected chi connectivity index (χ3v) is 2.65. The van der Waals surface area contributed by atoms with Crippen molar-refractivity contribution in [2.45, 2.75) is 0 Å². The first kappa shape index (κ1) is 14.4. The normalized spacial score (nSPS) is 10.0. The second kappa shape index (κ2) is 6.00. The Balaban J connectivity index is 2.21. The van der Waals surface area contributed by atoms with Crippen LogP contribution in [0.4, 0.5) is 15.8 Å². The van der Waals surface area contributed by atoms with Gasteiger partial charge < -0.3 is 15.8 Å². The molecule has 0 saturated carbocycles. The van der Waals surface area contributed by atoms with Crippen molar-refractivity contribution < 1.29 is 18.7 Å². The van der Waals surface area contributed by atoms with Gasteiger partial charge in [-0.3, -0.25) is 4.79 Å². The highest BCUT2D eigenvalue weighted by atomic mass is 19.1. The molecule has 0 aliphatic rings. The van der Waals surface area contributed by atoms with Crippen molar-refractivity contribution in [1.29, 1.82) is 0 Å². The molecule has 21 heavy (non-hydrogen) atoms. The standard InChI is InChI=1S/C14H12FN3O3/c1-21-14(20)10-6-9(3-4-11(10)15)18-13(19)12-5-2-8(16)7-17-12/h2-7H,16H2,1H3,(H,18,19). The molecule has 0 saturated heterocycles. The molecule has 1 amide bonds. The van der Waals surface area contributed by atoms with Gasteiger partial charge in [0.05, 0.1) is 24.6 Å². The number of rotatable bonds is 3. The molecule has 0 aliphatic carbocycles. The first-order valence-electron chi connectivity index (χ1n) is 5.92. The number of benzene rings is 1. The number of hydrogen-bond donors (Lipinski definition) is 2. The summed E-state index contributed by atoms with van der Waals surface area (Å²) in [4.78, 5) is 27.2. The molecule has 0 spiro atoms. The summed E-state index contributed by atoms with van der Waals surface area (Å²) < 4.78 is 17.9. The number of carbonyl (C=O) groups excluding carboxylic acids is 2. The van der Waals surface area contributed by atoms with Crippen molar-refractivity contribution in [3.63, 3.8) is 0 Å². The Hall–Kier alpha value is -2.96. The number of carbonyl (C=O) groups is 2. The highest BCUT2D eigenvalue weighted by Gasteiger charge is 2.14. The molecule has 1 heterocycles. The number of pyridine rings is 1. The number of halogens is 1. The molecule has 3 N–H and O–H groups in total. The molecule has 2 rings (SSSR count). The van der Waals surface area contributed by atoms with Crippen LogP contribution in [0.1, 0.15) is 20.8 Å². The number of esters is 1. The van der Waals surface area contributed by atoms with E-state index < -0.39 is 17.7 Å². The van der Waals surface area contributed by atoms with Crippen molar-refractivity contribution in [3.05, 3.63) is 53.6 Å². The molecule has 0 radical (unpaired) electrons. The quantitative estimate of drug-likeness (QED) is 0.841. The van der Waals surface area contributed by atoms with E-state index >= 15 is 0 Å². The monoisotopic (exact) mass is 289 g/mol. The van der Waals surface area contributed by atoms with Crippen molar-refractivity contribution in [2.24, 2.45) is 0 Å². The molecule has 0 fully saturated rings. The van der Waals surface area contributed by atoms with E-state index in [2.05, 4.69) is 15.0 Å². The Morgan fingerprint density at radius 3 is 2.67 bits per heavy atom. The van der Waals surface area contributed by atoms with Crippen LogP contribution in [0.2, 0.25) is 0 Å². The molecular formula is C14H12FN3O3. The van der Waals surface area contributed by atoms with Gasteiger partial charge in [-0.15, -0.1) is 0 Å². The Morgan fingerprint density at radius 2 is 2.05 bits per heavy atom. The van der Waals surface area contributed by atoms with Gasteiger partial charge in [0, 0.05) is 5.69 Å². The third kappa shape index (κ3) is 3.33. The number of nitrogens with zero attached hydrogens (tertiary/aromatic N) is 1. The SMILES string of the molecule is COC(=O)c1cc(NC(=O)c2ccc(N)cn2)ccc1F. The predicted octanol–water partition coefficient (Wildman–Crippen LogP) is 1.84. The first-order valence-corrected chi connectivity index (χ1v) is 5.92. The highest BCUT2D eigenvalue weighted by Crippen LogP contribution is 2.16. The average molecular weight is 289 g/mol.